The van der Waals surface area contributed by atoms with Gasteiger partial charge in [-0.05, 0) is 37.7 Å². The van der Waals surface area contributed by atoms with Crippen LogP contribution in [0.25, 0.3) is 11.1 Å². The van der Waals surface area contributed by atoms with Crippen LogP contribution in [0.5, 0.6) is 5.75 Å². The van der Waals surface area contributed by atoms with E-state index in [0.717, 1.165) is 30.0 Å². The van der Waals surface area contributed by atoms with Crippen LogP contribution in [-0.4, -0.2) is 11.2 Å². The second-order valence-corrected chi connectivity index (χ2v) is 7.59. The van der Waals surface area contributed by atoms with Crippen LogP contribution >= 0.6 is 11.9 Å². The Morgan fingerprint density at radius 1 is 1.14 bits per heavy atom. The van der Waals surface area contributed by atoms with Gasteiger partial charge in [0.1, 0.15) is 30.1 Å². The van der Waals surface area contributed by atoms with Gasteiger partial charge < -0.3 is 9.15 Å². The monoisotopic (exact) mass is 414 g/mol. The maximum Gasteiger partial charge on any atom is 0.197 e. The van der Waals surface area contributed by atoms with Gasteiger partial charge in [0.25, 0.3) is 0 Å². The Morgan fingerprint density at radius 2 is 1.83 bits per heavy atom. The summed E-state index contributed by atoms with van der Waals surface area (Å²) in [7, 11) is 0. The minimum atomic E-state index is -0.214. The average Bonchev–Trinajstić information content (AvgIpc) is 3.41. The predicted molar refractivity (Wildman–Crippen MR) is 116 cm³/mol. The number of oxazole rings is 1. The predicted octanol–water partition coefficient (Wildman–Crippen LogP) is 6.25. The van der Waals surface area contributed by atoms with Crippen molar-refractivity contribution in [1.82, 2.24) is 4.98 Å². The largest absolute Gasteiger partial charge is 0.487 e. The molecule has 6 heteroatoms. The molecule has 4 rings (SSSR count). The standard InChI is InChI=1S/C22H22FNO2.CH5NS/c1-15-7-6-11-19(21(15)23)18-10-4-5-12-20(18)25-13-17-14-26-22(24-17)16-8-2-3-9-16;1-3-2/h4-7,10-12,14,16H,2-3,8-9,13H2,1H3;2H2,1H3. The van der Waals surface area contributed by atoms with E-state index in [1.54, 1.807) is 25.3 Å². The fraction of sp³-hybridized carbons (Fsp3) is 0.348. The van der Waals surface area contributed by atoms with Crippen LogP contribution in [0.4, 0.5) is 4.39 Å². The van der Waals surface area contributed by atoms with Crippen LogP contribution < -0.4 is 9.88 Å². The molecular formula is C23H27FN2O2S. The number of nitrogens with zero attached hydrogens (tertiary/aromatic N) is 1. The second-order valence-electron chi connectivity index (χ2n) is 7.12. The molecule has 1 aromatic heterocycles. The van der Waals surface area contributed by atoms with Gasteiger partial charge in [0.15, 0.2) is 5.89 Å². The fourth-order valence-electron chi connectivity index (χ4n) is 3.57. The van der Waals surface area contributed by atoms with Crippen molar-refractivity contribution in [3.05, 3.63) is 71.7 Å². The number of hydrogen-bond donors (Lipinski definition) is 1. The molecule has 0 unspecified atom stereocenters. The Morgan fingerprint density at radius 3 is 2.59 bits per heavy atom. The summed E-state index contributed by atoms with van der Waals surface area (Å²) in [5.74, 6) is 1.69. The smallest absolute Gasteiger partial charge is 0.197 e. The molecule has 0 atom stereocenters. The molecule has 0 saturated heterocycles. The minimum absolute atomic E-state index is 0.214. The highest BCUT2D eigenvalue weighted by Gasteiger charge is 2.22. The summed E-state index contributed by atoms with van der Waals surface area (Å²) in [5, 5.41) is 4.76. The second kappa shape index (κ2) is 10.5. The van der Waals surface area contributed by atoms with Crippen LogP contribution in [0, 0.1) is 12.7 Å². The Kier molecular flexibility index (Phi) is 7.72. The zero-order valence-corrected chi connectivity index (χ0v) is 17.7. The number of aromatic nitrogens is 1. The number of para-hydroxylation sites is 1. The van der Waals surface area contributed by atoms with Crippen LogP contribution in [0.1, 0.15) is 48.7 Å². The lowest BCUT2D eigenvalue weighted by atomic mass is 10.0. The van der Waals surface area contributed by atoms with E-state index in [-0.39, 0.29) is 5.82 Å². The van der Waals surface area contributed by atoms with Crippen LogP contribution in [0.15, 0.2) is 53.1 Å². The number of hydrogen-bond acceptors (Lipinski definition) is 5. The fourth-order valence-corrected chi connectivity index (χ4v) is 3.57. The summed E-state index contributed by atoms with van der Waals surface area (Å²) in [6.07, 6.45) is 8.28. The summed E-state index contributed by atoms with van der Waals surface area (Å²) in [6.45, 7) is 2.07. The van der Waals surface area contributed by atoms with Gasteiger partial charge in [-0.1, -0.05) is 61.2 Å². The lowest BCUT2D eigenvalue weighted by molar-refractivity contribution is 0.302. The molecule has 1 aliphatic carbocycles. The highest BCUT2D eigenvalue weighted by Crippen LogP contribution is 2.35. The Labute approximate surface area is 175 Å². The highest BCUT2D eigenvalue weighted by atomic mass is 32.2. The van der Waals surface area contributed by atoms with Crippen molar-refractivity contribution in [1.29, 1.82) is 0 Å². The van der Waals surface area contributed by atoms with Crippen molar-refractivity contribution in [3.8, 4) is 16.9 Å². The topological polar surface area (TPSA) is 61.3 Å². The first-order valence-corrected chi connectivity index (χ1v) is 11.1. The maximum atomic E-state index is 14.5. The van der Waals surface area contributed by atoms with Gasteiger partial charge in [0, 0.05) is 17.0 Å². The molecule has 2 aromatic carbocycles. The summed E-state index contributed by atoms with van der Waals surface area (Å²) in [5.41, 5.74) is 2.68. The first-order chi connectivity index (χ1) is 14.1. The molecule has 0 spiro atoms. The molecular weight excluding hydrogens is 387 g/mol. The highest BCUT2D eigenvalue weighted by molar-refractivity contribution is 7.96. The molecule has 0 bridgehead atoms. The lowest BCUT2D eigenvalue weighted by Crippen LogP contribution is -1.99. The number of ether oxygens (including phenoxy) is 1. The number of nitrogens with two attached hydrogens (primary N) is 1. The molecule has 1 saturated carbocycles. The number of benzene rings is 2. The van der Waals surface area contributed by atoms with Crippen LogP contribution in [0.3, 0.4) is 0 Å². The molecule has 3 aromatic rings. The van der Waals surface area contributed by atoms with E-state index in [2.05, 4.69) is 4.98 Å². The quantitative estimate of drug-likeness (QED) is 0.500. The zero-order valence-electron chi connectivity index (χ0n) is 16.9. The Hall–Kier alpha value is -2.31. The molecule has 2 N–H and O–H groups in total. The van der Waals surface area contributed by atoms with E-state index in [4.69, 9.17) is 14.3 Å². The summed E-state index contributed by atoms with van der Waals surface area (Å²) >= 11 is 1.25. The van der Waals surface area contributed by atoms with Crippen molar-refractivity contribution in [2.24, 2.45) is 5.14 Å². The Balaban J connectivity index is 0.000000755. The van der Waals surface area contributed by atoms with Gasteiger partial charge in [-0.25, -0.2) is 9.37 Å². The van der Waals surface area contributed by atoms with Crippen molar-refractivity contribution >= 4 is 11.9 Å². The minimum Gasteiger partial charge on any atom is -0.487 e. The summed E-state index contributed by atoms with van der Waals surface area (Å²) < 4.78 is 26.1. The third-order valence-electron chi connectivity index (χ3n) is 5.02. The van der Waals surface area contributed by atoms with Gasteiger partial charge in [-0.15, -0.1) is 0 Å². The molecule has 154 valence electrons. The van der Waals surface area contributed by atoms with E-state index < -0.39 is 0 Å². The Bertz CT molecular complexity index is 923. The van der Waals surface area contributed by atoms with Crippen LogP contribution in [-0.2, 0) is 6.61 Å². The summed E-state index contributed by atoms with van der Waals surface area (Å²) in [4.78, 5) is 4.58. The lowest BCUT2D eigenvalue weighted by Gasteiger charge is -2.12. The van der Waals surface area contributed by atoms with E-state index in [1.165, 1.54) is 24.8 Å². The van der Waals surface area contributed by atoms with Crippen molar-refractivity contribution in [2.45, 2.75) is 45.1 Å². The van der Waals surface area contributed by atoms with E-state index in [0.29, 0.717) is 29.4 Å². The number of halogens is 1. The first-order valence-electron chi connectivity index (χ1n) is 9.78. The third-order valence-corrected chi connectivity index (χ3v) is 5.02. The van der Waals surface area contributed by atoms with Crippen LogP contribution in [0.2, 0.25) is 0 Å². The molecule has 0 aliphatic heterocycles. The maximum absolute atomic E-state index is 14.5. The van der Waals surface area contributed by atoms with E-state index >= 15 is 0 Å². The molecule has 0 amide bonds. The molecule has 4 nitrogen and oxygen atoms in total. The van der Waals surface area contributed by atoms with Crippen molar-refractivity contribution in [3.63, 3.8) is 0 Å². The number of aryl methyl sites for hydroxylation is 1. The van der Waals surface area contributed by atoms with E-state index in [9.17, 15) is 4.39 Å². The normalized spacial score (nSPS) is 13.8. The molecule has 1 fully saturated rings. The molecule has 1 aliphatic rings. The first kappa shape index (κ1) is 21.4. The summed E-state index contributed by atoms with van der Waals surface area (Å²) in [6, 6.07) is 12.9. The van der Waals surface area contributed by atoms with Crippen molar-refractivity contribution < 1.29 is 13.5 Å². The molecule has 0 radical (unpaired) electrons. The van der Waals surface area contributed by atoms with Gasteiger partial charge in [0.2, 0.25) is 0 Å². The SMILES string of the molecule is CSN.Cc1cccc(-c2ccccc2OCc2coc(C3CCCC3)n2)c1F. The van der Waals surface area contributed by atoms with Crippen molar-refractivity contribution in [2.75, 3.05) is 6.26 Å². The molecule has 29 heavy (non-hydrogen) atoms. The van der Waals surface area contributed by atoms with E-state index in [1.807, 2.05) is 36.6 Å². The van der Waals surface area contributed by atoms with Gasteiger partial charge in [0.05, 0.1) is 0 Å². The molecule has 1 heterocycles. The van der Waals surface area contributed by atoms with Gasteiger partial charge >= 0.3 is 0 Å². The third kappa shape index (κ3) is 5.40. The van der Waals surface area contributed by atoms with Gasteiger partial charge in [-0.2, -0.15) is 0 Å². The number of rotatable bonds is 5. The van der Waals surface area contributed by atoms with Gasteiger partial charge in [-0.3, -0.25) is 5.14 Å². The average molecular weight is 415 g/mol. The zero-order chi connectivity index (χ0) is 20.6.